The van der Waals surface area contributed by atoms with E-state index in [1.165, 1.54) is 0 Å². The van der Waals surface area contributed by atoms with Gasteiger partial charge in [0.25, 0.3) is 5.92 Å². The Morgan fingerprint density at radius 3 is 2.70 bits per heavy atom. The van der Waals surface area contributed by atoms with Gasteiger partial charge in [-0.05, 0) is 69.6 Å². The number of unbranched alkanes of at least 4 members (excludes halogenated alkanes) is 2. The van der Waals surface area contributed by atoms with Crippen LogP contribution in [0.1, 0.15) is 90.4 Å². The average Bonchev–Trinajstić information content (AvgIpc) is 3.07. The lowest BCUT2D eigenvalue weighted by Gasteiger charge is -2.31. The van der Waals surface area contributed by atoms with Gasteiger partial charge in [0, 0.05) is 25.9 Å². The van der Waals surface area contributed by atoms with E-state index in [-0.39, 0.29) is 43.5 Å². The number of hydrogen-bond donors (Lipinski definition) is 3. The minimum absolute atomic E-state index is 0.0433. The number of ether oxygens (including phenoxy) is 2. The van der Waals surface area contributed by atoms with Crippen molar-refractivity contribution in [2.75, 3.05) is 6.61 Å². The molecule has 0 amide bonds. The van der Waals surface area contributed by atoms with Gasteiger partial charge in [-0.25, -0.2) is 8.78 Å². The maximum atomic E-state index is 14.3. The van der Waals surface area contributed by atoms with Crippen molar-refractivity contribution in [1.82, 2.24) is 0 Å². The zero-order chi connectivity index (χ0) is 24.3. The summed E-state index contributed by atoms with van der Waals surface area (Å²) in [6.45, 7) is 2.48. The number of alkyl halides is 2. The number of hydrogen-bond acceptors (Lipinski definition) is 5. The average molecular weight is 477 g/mol. The molecule has 33 heavy (non-hydrogen) atoms. The van der Waals surface area contributed by atoms with Gasteiger partial charge in [-0.3, -0.25) is 4.79 Å². The summed E-state index contributed by atoms with van der Waals surface area (Å²) < 4.78 is 40.5. The zero-order valence-electron chi connectivity index (χ0n) is 19.8. The first kappa shape index (κ1) is 28.1. The maximum Gasteiger partial charge on any atom is 0.303 e. The molecule has 1 aliphatic carbocycles. The number of aliphatic hydroxyl groups excluding tert-OH is 2. The third-order valence-electron chi connectivity index (χ3n) is 6.92. The van der Waals surface area contributed by atoms with Crippen molar-refractivity contribution >= 4 is 5.97 Å². The molecule has 6 atom stereocenters. The number of carbonyl (C=O) groups is 1. The third kappa shape index (κ3) is 9.59. The fourth-order valence-corrected chi connectivity index (χ4v) is 4.93. The van der Waals surface area contributed by atoms with Crippen molar-refractivity contribution in [2.24, 2.45) is 11.8 Å². The van der Waals surface area contributed by atoms with E-state index < -0.39 is 24.1 Å². The van der Waals surface area contributed by atoms with Gasteiger partial charge in [0.2, 0.25) is 0 Å². The molecule has 0 aromatic rings. The lowest BCUT2D eigenvalue weighted by atomic mass is 9.85. The lowest BCUT2D eigenvalue weighted by Crippen LogP contribution is -2.36. The molecule has 0 bridgehead atoms. The van der Waals surface area contributed by atoms with E-state index in [0.29, 0.717) is 51.6 Å². The van der Waals surface area contributed by atoms with Gasteiger partial charge in [-0.15, -0.1) is 0 Å². The van der Waals surface area contributed by atoms with Crippen LogP contribution in [0.25, 0.3) is 0 Å². The van der Waals surface area contributed by atoms with Gasteiger partial charge >= 0.3 is 5.97 Å². The van der Waals surface area contributed by atoms with E-state index in [9.17, 15) is 23.8 Å². The smallest absolute Gasteiger partial charge is 0.303 e. The van der Waals surface area contributed by atoms with E-state index in [1.54, 1.807) is 0 Å². The van der Waals surface area contributed by atoms with E-state index in [2.05, 4.69) is 0 Å². The molecule has 0 aromatic heterocycles. The van der Waals surface area contributed by atoms with Crippen LogP contribution >= 0.6 is 0 Å². The van der Waals surface area contributed by atoms with Gasteiger partial charge in [0.05, 0.1) is 12.2 Å². The fraction of sp³-hybridized carbons (Fsp3) is 0.880. The monoisotopic (exact) mass is 476 g/mol. The molecule has 3 N–H and O–H groups in total. The Hall–Kier alpha value is -1.09. The van der Waals surface area contributed by atoms with Crippen LogP contribution < -0.4 is 0 Å². The molecular formula is C25H42F2O6. The first-order chi connectivity index (χ1) is 15.7. The van der Waals surface area contributed by atoms with Crippen molar-refractivity contribution < 1.29 is 38.4 Å². The largest absolute Gasteiger partial charge is 0.481 e. The maximum absolute atomic E-state index is 14.3. The predicted octanol–water partition coefficient (Wildman–Crippen LogP) is 5.06. The highest BCUT2D eigenvalue weighted by Crippen LogP contribution is 2.42. The molecule has 0 spiro atoms. The quantitative estimate of drug-likeness (QED) is 0.226. The SMILES string of the molecule is CCCCC(F)(F)C(O)CC[C@@H]1[C@@H](CC=CCCCC(=O)O)[C@H](O)C[C@H]1OC1CCCCO1. The molecule has 1 saturated carbocycles. The molecule has 192 valence electrons. The highest BCUT2D eigenvalue weighted by Gasteiger charge is 2.45. The Bertz CT molecular complexity index is 593. The summed E-state index contributed by atoms with van der Waals surface area (Å²) in [6, 6.07) is 0. The summed E-state index contributed by atoms with van der Waals surface area (Å²) in [7, 11) is 0. The molecule has 6 nitrogen and oxygen atoms in total. The molecule has 2 rings (SSSR count). The molecule has 0 radical (unpaired) electrons. The van der Waals surface area contributed by atoms with Crippen LogP contribution in [0.2, 0.25) is 0 Å². The Kier molecular flexibility index (Phi) is 12.2. The first-order valence-corrected chi connectivity index (χ1v) is 12.6. The van der Waals surface area contributed by atoms with Crippen molar-refractivity contribution in [3.63, 3.8) is 0 Å². The number of aliphatic hydroxyl groups is 2. The van der Waals surface area contributed by atoms with Crippen LogP contribution in [0.5, 0.6) is 0 Å². The normalized spacial score (nSPS) is 29.5. The zero-order valence-corrected chi connectivity index (χ0v) is 19.8. The Morgan fingerprint density at radius 2 is 2.03 bits per heavy atom. The second-order valence-electron chi connectivity index (χ2n) is 9.55. The summed E-state index contributed by atoms with van der Waals surface area (Å²) in [5.41, 5.74) is 0. The van der Waals surface area contributed by atoms with Crippen molar-refractivity contribution in [1.29, 1.82) is 0 Å². The molecular weight excluding hydrogens is 434 g/mol. The molecule has 2 aliphatic rings. The van der Waals surface area contributed by atoms with E-state index in [0.717, 1.165) is 19.3 Å². The second-order valence-corrected chi connectivity index (χ2v) is 9.55. The summed E-state index contributed by atoms with van der Waals surface area (Å²) in [6.07, 6.45) is 6.95. The minimum atomic E-state index is -3.12. The molecule has 1 heterocycles. The number of halogens is 2. The highest BCUT2D eigenvalue weighted by molar-refractivity contribution is 5.66. The standard InChI is InChI=1S/C25H42F2O6/c1-2-3-15-25(26,27)22(29)14-13-19-18(10-6-4-5-7-11-23(30)31)20(28)17-21(19)33-24-12-8-9-16-32-24/h4,6,18-22,24,28-29H,2-3,5,7-17H2,1H3,(H,30,31)/t18-,19-,20-,21-,22?,24?/m1/s1. The van der Waals surface area contributed by atoms with Crippen LogP contribution in [-0.4, -0.2) is 58.4 Å². The van der Waals surface area contributed by atoms with Crippen LogP contribution in [0.3, 0.4) is 0 Å². The summed E-state index contributed by atoms with van der Waals surface area (Å²) in [5.74, 6) is -4.26. The highest BCUT2D eigenvalue weighted by atomic mass is 19.3. The number of carboxylic acids is 1. The van der Waals surface area contributed by atoms with E-state index in [4.69, 9.17) is 14.6 Å². The van der Waals surface area contributed by atoms with Crippen molar-refractivity contribution in [2.45, 2.75) is 121 Å². The van der Waals surface area contributed by atoms with Gasteiger partial charge in [-0.2, -0.15) is 0 Å². The van der Waals surface area contributed by atoms with Crippen LogP contribution in [0.15, 0.2) is 12.2 Å². The summed E-state index contributed by atoms with van der Waals surface area (Å²) in [4.78, 5) is 10.6. The number of aliphatic carboxylic acids is 1. The van der Waals surface area contributed by atoms with Crippen molar-refractivity contribution in [3.8, 4) is 0 Å². The molecule has 8 heteroatoms. The van der Waals surface area contributed by atoms with Crippen LogP contribution in [0.4, 0.5) is 8.78 Å². The lowest BCUT2D eigenvalue weighted by molar-refractivity contribution is -0.197. The number of carboxylic acid groups (broad SMARTS) is 1. The van der Waals surface area contributed by atoms with Crippen LogP contribution in [0, 0.1) is 11.8 Å². The fourth-order valence-electron chi connectivity index (χ4n) is 4.93. The van der Waals surface area contributed by atoms with Gasteiger partial charge < -0.3 is 24.8 Å². The number of allylic oxidation sites excluding steroid dienone is 2. The molecule has 2 unspecified atom stereocenters. The third-order valence-corrected chi connectivity index (χ3v) is 6.92. The second kappa shape index (κ2) is 14.3. The van der Waals surface area contributed by atoms with E-state index >= 15 is 0 Å². The van der Waals surface area contributed by atoms with Gasteiger partial charge in [0.1, 0.15) is 6.10 Å². The minimum Gasteiger partial charge on any atom is -0.481 e. The van der Waals surface area contributed by atoms with Gasteiger partial charge in [0.15, 0.2) is 6.29 Å². The van der Waals surface area contributed by atoms with Crippen molar-refractivity contribution in [3.05, 3.63) is 12.2 Å². The molecule has 2 fully saturated rings. The number of rotatable bonds is 15. The van der Waals surface area contributed by atoms with Crippen LogP contribution in [-0.2, 0) is 14.3 Å². The Balaban J connectivity index is 1.98. The van der Waals surface area contributed by atoms with E-state index in [1.807, 2.05) is 19.1 Å². The Labute approximate surface area is 196 Å². The van der Waals surface area contributed by atoms with Gasteiger partial charge in [-0.1, -0.05) is 25.5 Å². The predicted molar refractivity (Wildman–Crippen MR) is 121 cm³/mol. The molecule has 1 aliphatic heterocycles. The topological polar surface area (TPSA) is 96.2 Å². The molecule has 0 aromatic carbocycles. The summed E-state index contributed by atoms with van der Waals surface area (Å²) in [5, 5.41) is 29.7. The summed E-state index contributed by atoms with van der Waals surface area (Å²) >= 11 is 0. The molecule has 1 saturated heterocycles. The Morgan fingerprint density at radius 1 is 1.24 bits per heavy atom. The first-order valence-electron chi connectivity index (χ1n) is 12.6.